The Morgan fingerprint density at radius 1 is 1.46 bits per heavy atom. The molecule has 0 unspecified atom stereocenters. The lowest BCUT2D eigenvalue weighted by molar-refractivity contribution is -0.184. The van der Waals surface area contributed by atoms with Crippen LogP contribution in [0.15, 0.2) is 0 Å². The van der Waals surface area contributed by atoms with Gasteiger partial charge < -0.3 is 4.74 Å². The molecule has 0 radical (unpaired) electrons. The van der Waals surface area contributed by atoms with Crippen LogP contribution >= 0.6 is 0 Å². The maximum atomic E-state index is 11.8. The lowest BCUT2D eigenvalue weighted by Gasteiger charge is -2.34. The molecule has 0 spiro atoms. The monoisotopic (exact) mass is 187 g/mol. The van der Waals surface area contributed by atoms with Gasteiger partial charge in [0.15, 0.2) is 0 Å². The lowest BCUT2D eigenvalue weighted by Crippen LogP contribution is -2.43. The molecule has 0 atom stereocenters. The Morgan fingerprint density at radius 2 is 2.00 bits per heavy atom. The van der Waals surface area contributed by atoms with Crippen molar-refractivity contribution in [2.24, 2.45) is 5.41 Å². The summed E-state index contributed by atoms with van der Waals surface area (Å²) in [7, 11) is 3.14. The molecule has 0 bridgehead atoms. The molecule has 0 saturated carbocycles. The summed E-state index contributed by atoms with van der Waals surface area (Å²) in [5.41, 5.74) is -0.303. The van der Waals surface area contributed by atoms with Crippen molar-refractivity contribution in [3.8, 4) is 0 Å². The van der Waals surface area contributed by atoms with Gasteiger partial charge in [0.25, 0.3) is 5.91 Å². The van der Waals surface area contributed by atoms with Gasteiger partial charge in [-0.15, -0.1) is 0 Å². The van der Waals surface area contributed by atoms with E-state index in [0.29, 0.717) is 13.2 Å². The zero-order chi connectivity index (χ0) is 9.90. The zero-order valence-corrected chi connectivity index (χ0v) is 8.50. The van der Waals surface area contributed by atoms with E-state index < -0.39 is 0 Å². The Kier molecular flexibility index (Phi) is 3.27. The van der Waals surface area contributed by atoms with Crippen molar-refractivity contribution >= 4 is 5.91 Å². The third kappa shape index (κ3) is 2.19. The van der Waals surface area contributed by atoms with Crippen LogP contribution in [0.5, 0.6) is 0 Å². The molecule has 1 heterocycles. The van der Waals surface area contributed by atoms with E-state index in [2.05, 4.69) is 0 Å². The van der Waals surface area contributed by atoms with Gasteiger partial charge in [-0.3, -0.25) is 9.63 Å². The maximum absolute atomic E-state index is 11.8. The van der Waals surface area contributed by atoms with Gasteiger partial charge in [-0.2, -0.15) is 0 Å². The van der Waals surface area contributed by atoms with E-state index in [0.717, 1.165) is 12.8 Å². The predicted molar refractivity (Wildman–Crippen MR) is 47.9 cm³/mol. The van der Waals surface area contributed by atoms with Crippen molar-refractivity contribution in [2.75, 3.05) is 27.4 Å². The number of hydrogen-bond acceptors (Lipinski definition) is 3. The van der Waals surface area contributed by atoms with Gasteiger partial charge in [0, 0.05) is 20.3 Å². The molecule has 1 amide bonds. The topological polar surface area (TPSA) is 38.8 Å². The van der Waals surface area contributed by atoms with Gasteiger partial charge in [0.1, 0.15) is 0 Å². The third-order valence-corrected chi connectivity index (χ3v) is 2.67. The molecule has 4 nitrogen and oxygen atoms in total. The molecule has 1 aliphatic heterocycles. The van der Waals surface area contributed by atoms with Crippen LogP contribution in [0.1, 0.15) is 19.8 Å². The molecule has 76 valence electrons. The summed E-state index contributed by atoms with van der Waals surface area (Å²) in [5, 5.41) is 1.30. The summed E-state index contributed by atoms with van der Waals surface area (Å²) in [6.07, 6.45) is 1.55. The highest BCUT2D eigenvalue weighted by Gasteiger charge is 2.37. The molecule has 0 aromatic carbocycles. The molecule has 0 aromatic rings. The summed E-state index contributed by atoms with van der Waals surface area (Å²) in [5.74, 6) is 0.0401. The van der Waals surface area contributed by atoms with E-state index in [4.69, 9.17) is 9.57 Å². The van der Waals surface area contributed by atoms with E-state index in [9.17, 15) is 4.79 Å². The largest absolute Gasteiger partial charge is 0.381 e. The van der Waals surface area contributed by atoms with Gasteiger partial charge in [0.2, 0.25) is 0 Å². The summed E-state index contributed by atoms with van der Waals surface area (Å²) in [6, 6.07) is 0. The van der Waals surface area contributed by atoms with Crippen molar-refractivity contribution in [1.29, 1.82) is 0 Å². The van der Waals surface area contributed by atoms with Crippen LogP contribution in [0.25, 0.3) is 0 Å². The molecule has 13 heavy (non-hydrogen) atoms. The molecule has 0 aromatic heterocycles. The lowest BCUT2D eigenvalue weighted by atomic mass is 9.81. The Balaban J connectivity index is 2.61. The Labute approximate surface area is 78.8 Å². The number of ether oxygens (including phenoxy) is 1. The predicted octanol–water partition coefficient (Wildman–Crippen LogP) is 0.823. The Morgan fingerprint density at radius 3 is 2.46 bits per heavy atom. The summed E-state index contributed by atoms with van der Waals surface area (Å²) in [6.45, 7) is 3.30. The zero-order valence-electron chi connectivity index (χ0n) is 8.50. The normalized spacial score (nSPS) is 21.2. The van der Waals surface area contributed by atoms with Crippen LogP contribution in [0.2, 0.25) is 0 Å². The first kappa shape index (κ1) is 10.5. The molecular weight excluding hydrogens is 170 g/mol. The van der Waals surface area contributed by atoms with E-state index in [1.165, 1.54) is 12.2 Å². The SMILES string of the molecule is CON(C)C(=O)C1(C)CCOCC1. The fourth-order valence-electron chi connectivity index (χ4n) is 1.50. The molecule has 1 fully saturated rings. The first-order valence-electron chi connectivity index (χ1n) is 4.50. The fraction of sp³-hybridized carbons (Fsp3) is 0.889. The molecule has 1 saturated heterocycles. The van der Waals surface area contributed by atoms with Crippen molar-refractivity contribution in [3.63, 3.8) is 0 Å². The smallest absolute Gasteiger partial charge is 0.251 e. The second-order valence-corrected chi connectivity index (χ2v) is 3.66. The Hall–Kier alpha value is -0.610. The first-order valence-corrected chi connectivity index (χ1v) is 4.50. The molecule has 0 N–H and O–H groups in total. The van der Waals surface area contributed by atoms with Gasteiger partial charge in [-0.1, -0.05) is 6.92 Å². The number of rotatable bonds is 2. The number of nitrogens with zero attached hydrogens (tertiary/aromatic N) is 1. The van der Waals surface area contributed by atoms with E-state index in [1.54, 1.807) is 7.05 Å². The standard InChI is InChI=1S/C9H17NO3/c1-9(4-6-13-7-5-9)8(11)10(2)12-3/h4-7H2,1-3H3. The van der Waals surface area contributed by atoms with Crippen molar-refractivity contribution < 1.29 is 14.4 Å². The number of carbonyl (C=O) groups is 1. The second-order valence-electron chi connectivity index (χ2n) is 3.66. The van der Waals surface area contributed by atoms with Gasteiger partial charge in [0.05, 0.1) is 12.5 Å². The average molecular weight is 187 g/mol. The van der Waals surface area contributed by atoms with Crippen molar-refractivity contribution in [3.05, 3.63) is 0 Å². The van der Waals surface area contributed by atoms with Crippen LogP contribution in [-0.2, 0) is 14.4 Å². The van der Waals surface area contributed by atoms with Gasteiger partial charge in [-0.05, 0) is 12.8 Å². The second kappa shape index (κ2) is 4.07. The van der Waals surface area contributed by atoms with Crippen molar-refractivity contribution in [1.82, 2.24) is 5.06 Å². The maximum Gasteiger partial charge on any atom is 0.251 e. The van der Waals surface area contributed by atoms with E-state index >= 15 is 0 Å². The van der Waals surface area contributed by atoms with E-state index in [-0.39, 0.29) is 11.3 Å². The number of hydrogen-bond donors (Lipinski definition) is 0. The van der Waals surface area contributed by atoms with Crippen LogP contribution in [-0.4, -0.2) is 38.3 Å². The number of carbonyl (C=O) groups excluding carboxylic acids is 1. The van der Waals surface area contributed by atoms with Crippen LogP contribution < -0.4 is 0 Å². The molecule has 0 aliphatic carbocycles. The molecule has 1 rings (SSSR count). The highest BCUT2D eigenvalue weighted by molar-refractivity contribution is 5.81. The summed E-state index contributed by atoms with van der Waals surface area (Å²) >= 11 is 0. The number of amides is 1. The highest BCUT2D eigenvalue weighted by Crippen LogP contribution is 2.31. The van der Waals surface area contributed by atoms with Crippen LogP contribution in [0.4, 0.5) is 0 Å². The van der Waals surface area contributed by atoms with Crippen LogP contribution in [0.3, 0.4) is 0 Å². The average Bonchev–Trinajstić information content (AvgIpc) is 2.16. The summed E-state index contributed by atoms with van der Waals surface area (Å²) < 4.78 is 5.22. The minimum atomic E-state index is -0.303. The third-order valence-electron chi connectivity index (χ3n) is 2.67. The Bertz CT molecular complexity index is 187. The van der Waals surface area contributed by atoms with Crippen molar-refractivity contribution in [2.45, 2.75) is 19.8 Å². The number of hydroxylamine groups is 2. The molecular formula is C9H17NO3. The molecule has 1 aliphatic rings. The fourth-order valence-corrected chi connectivity index (χ4v) is 1.50. The minimum absolute atomic E-state index is 0.0401. The first-order chi connectivity index (χ1) is 6.10. The minimum Gasteiger partial charge on any atom is -0.381 e. The molecule has 4 heteroatoms. The quantitative estimate of drug-likeness (QED) is 0.601. The van der Waals surface area contributed by atoms with Crippen LogP contribution in [0, 0.1) is 5.41 Å². The van der Waals surface area contributed by atoms with E-state index in [1.807, 2.05) is 6.92 Å². The van der Waals surface area contributed by atoms with Gasteiger partial charge >= 0.3 is 0 Å². The highest BCUT2D eigenvalue weighted by atomic mass is 16.7. The summed E-state index contributed by atoms with van der Waals surface area (Å²) in [4.78, 5) is 16.7. The van der Waals surface area contributed by atoms with Gasteiger partial charge in [-0.25, -0.2) is 5.06 Å².